The Kier molecular flexibility index (Phi) is 8.44. The minimum Gasteiger partial charge on any atom is -0.492 e. The van der Waals surface area contributed by atoms with Gasteiger partial charge in [0.05, 0.1) is 11.1 Å². The summed E-state index contributed by atoms with van der Waals surface area (Å²) in [5, 5.41) is 5.90. The summed E-state index contributed by atoms with van der Waals surface area (Å²) in [6.45, 7) is 2.75. The predicted molar refractivity (Wildman–Crippen MR) is 131 cm³/mol. The smallest absolute Gasteiger partial charge is 0.257 e. The van der Waals surface area contributed by atoms with Crippen LogP contribution in [-0.4, -0.2) is 17.6 Å². The first-order valence-corrected chi connectivity index (χ1v) is 11.1. The fraction of sp³-hybridized carbons (Fsp3) is 0.167. The quantitative estimate of drug-likeness (QED) is 0.272. The van der Waals surface area contributed by atoms with Crippen LogP contribution in [-0.2, 0) is 0 Å². The summed E-state index contributed by atoms with van der Waals surface area (Å²) >= 11 is 8.72. The van der Waals surface area contributed by atoms with Crippen molar-refractivity contribution in [3.63, 3.8) is 0 Å². The van der Waals surface area contributed by atoms with Crippen LogP contribution in [0.5, 0.6) is 17.2 Å². The third kappa shape index (κ3) is 7.08. The zero-order valence-corrected chi connectivity index (χ0v) is 19.5. The van der Waals surface area contributed by atoms with E-state index in [1.807, 2.05) is 54.6 Å². The largest absolute Gasteiger partial charge is 0.492 e. The number of hydrogen-bond donors (Lipinski definition) is 2. The normalized spacial score (nSPS) is 10.3. The number of carbonyl (C=O) groups is 1. The first kappa shape index (κ1) is 22.8. The Morgan fingerprint density at radius 2 is 1.71 bits per heavy atom. The molecular formula is C24H23BrN2O3S. The molecule has 0 radical (unpaired) electrons. The molecule has 3 aromatic carbocycles. The minimum absolute atomic E-state index is 0.209. The van der Waals surface area contributed by atoms with Crippen molar-refractivity contribution in [1.29, 1.82) is 0 Å². The highest BCUT2D eigenvalue weighted by atomic mass is 79.9. The summed E-state index contributed by atoms with van der Waals surface area (Å²) in [7, 11) is 0. The number of nitrogens with one attached hydrogen (secondary N) is 2. The maximum Gasteiger partial charge on any atom is 0.257 e. The summed E-state index contributed by atoms with van der Waals surface area (Å²) in [4.78, 5) is 12.5. The molecule has 3 aromatic rings. The van der Waals surface area contributed by atoms with Crippen molar-refractivity contribution < 1.29 is 14.3 Å². The van der Waals surface area contributed by atoms with Gasteiger partial charge in [0, 0.05) is 11.3 Å². The van der Waals surface area contributed by atoms with Gasteiger partial charge in [0.25, 0.3) is 5.91 Å². The molecule has 7 heteroatoms. The number of anilines is 1. The van der Waals surface area contributed by atoms with Gasteiger partial charge in [-0.1, -0.05) is 31.5 Å². The molecule has 0 saturated heterocycles. The van der Waals surface area contributed by atoms with Crippen molar-refractivity contribution in [3.05, 3.63) is 82.8 Å². The third-order valence-corrected chi connectivity index (χ3v) is 5.09. The van der Waals surface area contributed by atoms with Crippen LogP contribution < -0.4 is 20.1 Å². The number of hydrogen-bond acceptors (Lipinski definition) is 4. The summed E-state index contributed by atoms with van der Waals surface area (Å²) in [5.74, 6) is 1.88. The lowest BCUT2D eigenvalue weighted by atomic mass is 10.2. The van der Waals surface area contributed by atoms with Gasteiger partial charge in [0.1, 0.15) is 17.2 Å². The van der Waals surface area contributed by atoms with Gasteiger partial charge < -0.3 is 14.8 Å². The van der Waals surface area contributed by atoms with Crippen LogP contribution >= 0.6 is 28.1 Å². The second-order valence-corrected chi connectivity index (χ2v) is 7.96. The number of thiocarbonyl (C=S) groups is 1. The van der Waals surface area contributed by atoms with E-state index in [0.717, 1.165) is 28.8 Å². The van der Waals surface area contributed by atoms with E-state index in [4.69, 9.17) is 21.7 Å². The average molecular weight is 499 g/mol. The Bertz CT molecular complexity index is 1030. The maximum atomic E-state index is 12.5. The molecule has 0 atom stereocenters. The molecule has 0 saturated carbocycles. The van der Waals surface area contributed by atoms with Crippen LogP contribution in [0.1, 0.15) is 30.1 Å². The zero-order valence-electron chi connectivity index (χ0n) is 17.1. The van der Waals surface area contributed by atoms with Crippen molar-refractivity contribution in [2.45, 2.75) is 19.8 Å². The topological polar surface area (TPSA) is 59.6 Å². The third-order valence-electron chi connectivity index (χ3n) is 4.27. The van der Waals surface area contributed by atoms with E-state index in [0.29, 0.717) is 23.7 Å². The van der Waals surface area contributed by atoms with Gasteiger partial charge in [0.15, 0.2) is 5.11 Å². The van der Waals surface area contributed by atoms with Crippen LogP contribution in [0.15, 0.2) is 77.3 Å². The minimum atomic E-state index is -0.303. The van der Waals surface area contributed by atoms with Crippen LogP contribution in [0.3, 0.4) is 0 Å². The lowest BCUT2D eigenvalue weighted by molar-refractivity contribution is 0.0977. The van der Waals surface area contributed by atoms with Crippen LogP contribution in [0.2, 0.25) is 0 Å². The van der Waals surface area contributed by atoms with Gasteiger partial charge >= 0.3 is 0 Å². The molecule has 0 aliphatic carbocycles. The van der Waals surface area contributed by atoms with Gasteiger partial charge in [-0.2, -0.15) is 0 Å². The van der Waals surface area contributed by atoms with Gasteiger partial charge in [-0.25, -0.2) is 0 Å². The number of carbonyl (C=O) groups excluding carboxylic acids is 1. The van der Waals surface area contributed by atoms with Crippen LogP contribution in [0, 0.1) is 0 Å². The van der Waals surface area contributed by atoms with E-state index < -0.39 is 0 Å². The zero-order chi connectivity index (χ0) is 22.1. The number of unbranched alkanes of at least 4 members (excludes halogenated alkanes) is 1. The molecule has 2 N–H and O–H groups in total. The summed E-state index contributed by atoms with van der Waals surface area (Å²) in [6, 6.07) is 22.1. The highest BCUT2D eigenvalue weighted by Gasteiger charge is 2.11. The maximum absolute atomic E-state index is 12.5. The van der Waals surface area contributed by atoms with Crippen molar-refractivity contribution in [2.75, 3.05) is 11.9 Å². The van der Waals surface area contributed by atoms with E-state index in [-0.39, 0.29) is 11.0 Å². The Labute approximate surface area is 195 Å². The molecule has 5 nitrogen and oxygen atoms in total. The number of para-hydroxylation sites is 1. The fourth-order valence-electron chi connectivity index (χ4n) is 2.65. The monoisotopic (exact) mass is 498 g/mol. The first-order chi connectivity index (χ1) is 15.0. The van der Waals surface area contributed by atoms with Crippen LogP contribution in [0.25, 0.3) is 0 Å². The molecule has 0 fully saturated rings. The van der Waals surface area contributed by atoms with E-state index in [9.17, 15) is 4.79 Å². The molecule has 0 unspecified atom stereocenters. The molecule has 0 aliphatic rings. The second kappa shape index (κ2) is 11.5. The Morgan fingerprint density at radius 3 is 2.39 bits per heavy atom. The standard InChI is InChI=1S/C24H23BrN2O3S/c1-2-3-15-29-22-14-9-17(16-21(22)25)23(28)27-24(31)26-18-10-12-20(13-11-18)30-19-7-5-4-6-8-19/h4-14,16H,2-3,15H2,1H3,(H2,26,27,28,31). The molecule has 0 bridgehead atoms. The second-order valence-electron chi connectivity index (χ2n) is 6.69. The molecule has 0 spiro atoms. The van der Waals surface area contributed by atoms with Gasteiger partial charge in [-0.15, -0.1) is 0 Å². The number of benzene rings is 3. The molecular weight excluding hydrogens is 476 g/mol. The van der Waals surface area contributed by atoms with E-state index >= 15 is 0 Å². The first-order valence-electron chi connectivity index (χ1n) is 9.93. The lowest BCUT2D eigenvalue weighted by Crippen LogP contribution is -2.34. The van der Waals surface area contributed by atoms with E-state index in [2.05, 4.69) is 33.5 Å². The summed E-state index contributed by atoms with van der Waals surface area (Å²) < 4.78 is 12.2. The predicted octanol–water partition coefficient (Wildman–Crippen LogP) is 6.55. The molecule has 160 valence electrons. The average Bonchev–Trinajstić information content (AvgIpc) is 2.77. The highest BCUT2D eigenvalue weighted by molar-refractivity contribution is 9.10. The van der Waals surface area contributed by atoms with Crippen molar-refractivity contribution in [2.24, 2.45) is 0 Å². The molecule has 0 aliphatic heterocycles. The molecule has 0 heterocycles. The van der Waals surface area contributed by atoms with Gasteiger partial charge in [-0.3, -0.25) is 10.1 Å². The molecule has 31 heavy (non-hydrogen) atoms. The Morgan fingerprint density at radius 1 is 1.00 bits per heavy atom. The summed E-state index contributed by atoms with van der Waals surface area (Å²) in [6.07, 6.45) is 2.04. The number of halogens is 1. The van der Waals surface area contributed by atoms with Crippen molar-refractivity contribution in [1.82, 2.24) is 5.32 Å². The Balaban J connectivity index is 1.53. The van der Waals surface area contributed by atoms with Crippen molar-refractivity contribution in [3.8, 4) is 17.2 Å². The Hall–Kier alpha value is -2.90. The van der Waals surface area contributed by atoms with Gasteiger partial charge in [-0.05, 0) is 89.2 Å². The molecule has 1 amide bonds. The van der Waals surface area contributed by atoms with E-state index in [1.165, 1.54) is 0 Å². The number of amides is 1. The molecule has 0 aromatic heterocycles. The lowest BCUT2D eigenvalue weighted by Gasteiger charge is -2.12. The van der Waals surface area contributed by atoms with E-state index in [1.54, 1.807) is 18.2 Å². The van der Waals surface area contributed by atoms with Gasteiger partial charge in [0.2, 0.25) is 0 Å². The fourth-order valence-corrected chi connectivity index (χ4v) is 3.36. The van der Waals surface area contributed by atoms with Crippen LogP contribution in [0.4, 0.5) is 5.69 Å². The number of ether oxygens (including phenoxy) is 2. The SMILES string of the molecule is CCCCOc1ccc(C(=O)NC(=S)Nc2ccc(Oc3ccccc3)cc2)cc1Br. The molecule has 3 rings (SSSR count). The number of rotatable bonds is 8. The highest BCUT2D eigenvalue weighted by Crippen LogP contribution is 2.26. The van der Waals surface area contributed by atoms with Crippen molar-refractivity contribution >= 4 is 44.9 Å². The summed E-state index contributed by atoms with van der Waals surface area (Å²) in [5.41, 5.74) is 1.22.